The van der Waals surface area contributed by atoms with Crippen molar-refractivity contribution >= 4 is 35.6 Å². The second kappa shape index (κ2) is 9.53. The second-order valence-electron chi connectivity index (χ2n) is 6.03. The molecule has 0 spiro atoms. The number of hydrogen-bond donors (Lipinski definition) is 1. The molecular formula is C19H22Cl3NO. The van der Waals surface area contributed by atoms with Crippen LogP contribution < -0.4 is 10.1 Å². The van der Waals surface area contributed by atoms with Gasteiger partial charge in [0.25, 0.3) is 0 Å². The SMILES string of the molecule is Cl.Clc1cc(CNC2CCCC2)cc(Cl)c1OCc1ccccc1. The molecule has 2 aromatic carbocycles. The van der Waals surface area contributed by atoms with Crippen LogP contribution in [0.5, 0.6) is 5.75 Å². The Morgan fingerprint density at radius 3 is 2.21 bits per heavy atom. The van der Waals surface area contributed by atoms with Gasteiger partial charge in [-0.3, -0.25) is 0 Å². The predicted octanol–water partition coefficient (Wildman–Crippen LogP) is 6.03. The molecule has 1 aliphatic carbocycles. The molecule has 2 aromatic rings. The Balaban J connectivity index is 0.00000208. The lowest BCUT2D eigenvalue weighted by molar-refractivity contribution is 0.306. The molecule has 0 aliphatic heterocycles. The van der Waals surface area contributed by atoms with Crippen molar-refractivity contribution in [2.24, 2.45) is 0 Å². The van der Waals surface area contributed by atoms with Gasteiger partial charge >= 0.3 is 0 Å². The largest absolute Gasteiger partial charge is 0.486 e. The number of halogens is 3. The summed E-state index contributed by atoms with van der Waals surface area (Å²) in [4.78, 5) is 0. The second-order valence-corrected chi connectivity index (χ2v) is 6.84. The maximum Gasteiger partial charge on any atom is 0.156 e. The van der Waals surface area contributed by atoms with Crippen LogP contribution in [0, 0.1) is 0 Å². The van der Waals surface area contributed by atoms with E-state index in [1.54, 1.807) is 0 Å². The van der Waals surface area contributed by atoms with E-state index in [0.717, 1.165) is 17.7 Å². The number of nitrogens with one attached hydrogen (secondary N) is 1. The first-order chi connectivity index (χ1) is 11.2. The Kier molecular flexibility index (Phi) is 7.70. The molecule has 0 aromatic heterocycles. The lowest BCUT2D eigenvalue weighted by Crippen LogP contribution is -2.25. The topological polar surface area (TPSA) is 21.3 Å². The molecule has 130 valence electrons. The highest BCUT2D eigenvalue weighted by Gasteiger charge is 2.15. The summed E-state index contributed by atoms with van der Waals surface area (Å²) in [6, 6.07) is 14.5. The van der Waals surface area contributed by atoms with Gasteiger partial charge in [-0.25, -0.2) is 0 Å². The summed E-state index contributed by atoms with van der Waals surface area (Å²) in [5.41, 5.74) is 2.19. The number of hydrogen-bond acceptors (Lipinski definition) is 2. The van der Waals surface area contributed by atoms with Crippen LogP contribution in [0.3, 0.4) is 0 Å². The molecule has 5 heteroatoms. The van der Waals surface area contributed by atoms with E-state index in [9.17, 15) is 0 Å². The summed E-state index contributed by atoms with van der Waals surface area (Å²) in [7, 11) is 0. The minimum absolute atomic E-state index is 0. The Bertz CT molecular complexity index is 619. The molecule has 3 rings (SSSR count). The fourth-order valence-corrected chi connectivity index (χ4v) is 3.62. The first kappa shape index (κ1) is 19.4. The van der Waals surface area contributed by atoms with Crippen LogP contribution >= 0.6 is 35.6 Å². The van der Waals surface area contributed by atoms with E-state index >= 15 is 0 Å². The normalized spacial score (nSPS) is 14.4. The van der Waals surface area contributed by atoms with Crippen LogP contribution in [-0.4, -0.2) is 6.04 Å². The molecule has 0 heterocycles. The molecule has 24 heavy (non-hydrogen) atoms. The number of rotatable bonds is 6. The third kappa shape index (κ3) is 5.29. The molecule has 0 atom stereocenters. The molecule has 0 unspecified atom stereocenters. The highest BCUT2D eigenvalue weighted by molar-refractivity contribution is 6.37. The first-order valence-corrected chi connectivity index (χ1v) is 8.86. The van der Waals surface area contributed by atoms with Crippen LogP contribution in [0.4, 0.5) is 0 Å². The third-order valence-electron chi connectivity index (χ3n) is 4.23. The summed E-state index contributed by atoms with van der Waals surface area (Å²) in [5.74, 6) is 0.557. The van der Waals surface area contributed by atoms with Gasteiger partial charge in [-0.05, 0) is 36.1 Å². The predicted molar refractivity (Wildman–Crippen MR) is 104 cm³/mol. The van der Waals surface area contributed by atoms with Crippen molar-refractivity contribution in [1.82, 2.24) is 5.32 Å². The molecular weight excluding hydrogens is 365 g/mol. The first-order valence-electron chi connectivity index (χ1n) is 8.10. The van der Waals surface area contributed by atoms with Gasteiger partial charge in [0.05, 0.1) is 10.0 Å². The fourth-order valence-electron chi connectivity index (χ4n) is 2.97. The molecule has 2 nitrogen and oxygen atoms in total. The van der Waals surface area contributed by atoms with Crippen LogP contribution in [0.1, 0.15) is 36.8 Å². The zero-order valence-corrected chi connectivity index (χ0v) is 15.8. The molecule has 0 amide bonds. The molecule has 1 N–H and O–H groups in total. The molecule has 1 saturated carbocycles. The van der Waals surface area contributed by atoms with Crippen molar-refractivity contribution in [2.75, 3.05) is 0 Å². The molecule has 0 bridgehead atoms. The summed E-state index contributed by atoms with van der Waals surface area (Å²) >= 11 is 12.7. The summed E-state index contributed by atoms with van der Waals surface area (Å²) in [6.45, 7) is 1.25. The smallest absolute Gasteiger partial charge is 0.156 e. The minimum Gasteiger partial charge on any atom is -0.486 e. The zero-order chi connectivity index (χ0) is 16.1. The standard InChI is InChI=1S/C19H21Cl2NO.ClH/c20-17-10-15(12-22-16-8-4-5-9-16)11-18(21)19(17)23-13-14-6-2-1-3-7-14;/h1-3,6-7,10-11,16,22H,4-5,8-9,12-13H2;1H. The Hall–Kier alpha value is -0.930. The summed E-state index contributed by atoms with van der Waals surface area (Å²) in [5, 5.41) is 4.70. The van der Waals surface area contributed by atoms with Crippen molar-refractivity contribution in [2.45, 2.75) is 44.9 Å². The number of benzene rings is 2. The van der Waals surface area contributed by atoms with Crippen LogP contribution in [-0.2, 0) is 13.2 Å². The zero-order valence-electron chi connectivity index (χ0n) is 13.4. The molecule has 1 aliphatic rings. The average molecular weight is 387 g/mol. The summed E-state index contributed by atoms with van der Waals surface area (Å²) in [6.07, 6.45) is 5.18. The van der Waals surface area contributed by atoms with Gasteiger partial charge in [-0.2, -0.15) is 0 Å². The van der Waals surface area contributed by atoms with E-state index in [2.05, 4.69) is 5.32 Å². The van der Waals surface area contributed by atoms with E-state index in [-0.39, 0.29) is 12.4 Å². The maximum absolute atomic E-state index is 6.36. The quantitative estimate of drug-likeness (QED) is 0.654. The van der Waals surface area contributed by atoms with Crippen LogP contribution in [0.25, 0.3) is 0 Å². The highest BCUT2D eigenvalue weighted by atomic mass is 35.5. The van der Waals surface area contributed by atoms with Crippen molar-refractivity contribution < 1.29 is 4.74 Å². The highest BCUT2D eigenvalue weighted by Crippen LogP contribution is 2.35. The van der Waals surface area contributed by atoms with Crippen molar-refractivity contribution in [3.63, 3.8) is 0 Å². The van der Waals surface area contributed by atoms with Crippen LogP contribution in [0.2, 0.25) is 10.0 Å². The van der Waals surface area contributed by atoms with E-state index < -0.39 is 0 Å². The average Bonchev–Trinajstić information content (AvgIpc) is 3.06. The lowest BCUT2D eigenvalue weighted by Gasteiger charge is -2.14. The van der Waals surface area contributed by atoms with Crippen molar-refractivity contribution in [1.29, 1.82) is 0 Å². The van der Waals surface area contributed by atoms with E-state index in [1.807, 2.05) is 42.5 Å². The molecule has 1 fully saturated rings. The fraction of sp³-hybridized carbons (Fsp3) is 0.368. The van der Waals surface area contributed by atoms with Gasteiger partial charge in [0, 0.05) is 12.6 Å². The van der Waals surface area contributed by atoms with Gasteiger partial charge in [0.15, 0.2) is 5.75 Å². The van der Waals surface area contributed by atoms with Crippen LogP contribution in [0.15, 0.2) is 42.5 Å². The number of ether oxygens (including phenoxy) is 1. The van der Waals surface area contributed by atoms with Crippen molar-refractivity contribution in [3.8, 4) is 5.75 Å². The maximum atomic E-state index is 6.36. The van der Waals surface area contributed by atoms with Gasteiger partial charge in [-0.1, -0.05) is 66.4 Å². The van der Waals surface area contributed by atoms with Gasteiger partial charge < -0.3 is 10.1 Å². The van der Waals surface area contributed by atoms with E-state index in [0.29, 0.717) is 28.4 Å². The Morgan fingerprint density at radius 1 is 0.958 bits per heavy atom. The van der Waals surface area contributed by atoms with Gasteiger partial charge in [0.2, 0.25) is 0 Å². The molecule has 0 radical (unpaired) electrons. The van der Waals surface area contributed by atoms with Gasteiger partial charge in [0.1, 0.15) is 6.61 Å². The third-order valence-corrected chi connectivity index (χ3v) is 4.80. The Morgan fingerprint density at radius 2 is 1.58 bits per heavy atom. The lowest BCUT2D eigenvalue weighted by atomic mass is 10.2. The Labute approximate surface area is 159 Å². The monoisotopic (exact) mass is 385 g/mol. The van der Waals surface area contributed by atoms with Crippen molar-refractivity contribution in [3.05, 3.63) is 63.6 Å². The van der Waals surface area contributed by atoms with E-state index in [4.69, 9.17) is 27.9 Å². The summed E-state index contributed by atoms with van der Waals surface area (Å²) < 4.78 is 5.80. The van der Waals surface area contributed by atoms with E-state index in [1.165, 1.54) is 25.7 Å². The minimum atomic E-state index is 0. The van der Waals surface area contributed by atoms with Gasteiger partial charge in [-0.15, -0.1) is 12.4 Å². The molecule has 0 saturated heterocycles.